The van der Waals surface area contributed by atoms with E-state index < -0.39 is 0 Å². The second kappa shape index (κ2) is 6.41. The number of hydrogen-bond donors (Lipinski definition) is 1. The van der Waals surface area contributed by atoms with Crippen LogP contribution in [0.25, 0.3) is 11.3 Å². The monoisotopic (exact) mass is 299 g/mol. The number of benzene rings is 2. The van der Waals surface area contributed by atoms with Crippen molar-refractivity contribution in [2.24, 2.45) is 0 Å². The van der Waals surface area contributed by atoms with Crippen LogP contribution in [0.5, 0.6) is 5.75 Å². The van der Waals surface area contributed by atoms with E-state index in [0.717, 1.165) is 5.56 Å². The van der Waals surface area contributed by atoms with Crippen LogP contribution in [0.1, 0.15) is 11.5 Å². The van der Waals surface area contributed by atoms with Gasteiger partial charge in [-0.2, -0.15) is 0 Å². The van der Waals surface area contributed by atoms with Crippen LogP contribution in [0.4, 0.5) is 4.39 Å². The van der Waals surface area contributed by atoms with Crippen molar-refractivity contribution < 1.29 is 18.7 Å². The largest absolute Gasteiger partial charge is 0.484 e. The van der Waals surface area contributed by atoms with Gasteiger partial charge in [0.25, 0.3) is 0 Å². The van der Waals surface area contributed by atoms with Crippen LogP contribution in [-0.4, -0.2) is 10.1 Å². The van der Waals surface area contributed by atoms with Gasteiger partial charge in [-0.05, 0) is 29.8 Å². The second-order valence-electron chi connectivity index (χ2n) is 4.72. The number of oxazole rings is 1. The Morgan fingerprint density at radius 1 is 1.14 bits per heavy atom. The zero-order valence-corrected chi connectivity index (χ0v) is 11.7. The number of aromatic nitrogens is 1. The molecule has 0 aliphatic rings. The zero-order chi connectivity index (χ0) is 15.4. The van der Waals surface area contributed by atoms with Crippen molar-refractivity contribution in [1.29, 1.82) is 0 Å². The Balaban J connectivity index is 1.69. The van der Waals surface area contributed by atoms with Crippen LogP contribution in [0, 0.1) is 5.82 Å². The Labute approximate surface area is 126 Å². The summed E-state index contributed by atoms with van der Waals surface area (Å²) in [6.07, 6.45) is 1.54. The number of ether oxygens (including phenoxy) is 1. The van der Waals surface area contributed by atoms with Gasteiger partial charge in [0.2, 0.25) is 5.89 Å². The highest BCUT2D eigenvalue weighted by Gasteiger charge is 2.08. The molecule has 0 fully saturated rings. The van der Waals surface area contributed by atoms with Gasteiger partial charge in [0.1, 0.15) is 11.6 Å². The minimum absolute atomic E-state index is 0.0417. The Bertz CT molecular complexity index is 770. The van der Waals surface area contributed by atoms with E-state index in [-0.39, 0.29) is 19.0 Å². The molecule has 0 spiro atoms. The highest BCUT2D eigenvalue weighted by molar-refractivity contribution is 5.56. The first-order valence-corrected chi connectivity index (χ1v) is 6.78. The van der Waals surface area contributed by atoms with Gasteiger partial charge in [0.05, 0.1) is 12.8 Å². The third-order valence-electron chi connectivity index (χ3n) is 3.11. The molecule has 0 bridgehead atoms. The van der Waals surface area contributed by atoms with Gasteiger partial charge >= 0.3 is 0 Å². The quantitative estimate of drug-likeness (QED) is 0.782. The molecule has 4 nitrogen and oxygen atoms in total. The van der Waals surface area contributed by atoms with Crippen molar-refractivity contribution in [2.45, 2.75) is 13.2 Å². The molecule has 1 N–H and O–H groups in total. The molecule has 0 saturated carbocycles. The molecule has 1 aromatic heterocycles. The van der Waals surface area contributed by atoms with Crippen molar-refractivity contribution >= 4 is 0 Å². The lowest BCUT2D eigenvalue weighted by atomic mass is 10.2. The molecule has 0 radical (unpaired) electrons. The maximum Gasteiger partial charge on any atom is 0.232 e. The van der Waals surface area contributed by atoms with Gasteiger partial charge in [0.15, 0.2) is 12.4 Å². The first-order valence-electron chi connectivity index (χ1n) is 6.78. The number of aliphatic hydroxyl groups excluding tert-OH is 1. The summed E-state index contributed by atoms with van der Waals surface area (Å²) in [5, 5.41) is 9.08. The van der Waals surface area contributed by atoms with Crippen LogP contribution in [0.2, 0.25) is 0 Å². The van der Waals surface area contributed by atoms with E-state index in [1.807, 2.05) is 0 Å². The third kappa shape index (κ3) is 3.32. The number of nitrogens with zero attached hydrogens (tertiary/aromatic N) is 1. The smallest absolute Gasteiger partial charge is 0.232 e. The maximum absolute atomic E-state index is 13.2. The van der Waals surface area contributed by atoms with Crippen LogP contribution in [0.15, 0.2) is 59.1 Å². The Kier molecular flexibility index (Phi) is 4.16. The number of halogens is 1. The van der Waals surface area contributed by atoms with Gasteiger partial charge < -0.3 is 14.3 Å². The van der Waals surface area contributed by atoms with Gasteiger partial charge in [0, 0.05) is 5.56 Å². The Morgan fingerprint density at radius 3 is 2.82 bits per heavy atom. The molecule has 112 valence electrons. The highest BCUT2D eigenvalue weighted by atomic mass is 19.1. The van der Waals surface area contributed by atoms with Crippen LogP contribution < -0.4 is 4.74 Å². The normalized spacial score (nSPS) is 10.6. The molecule has 0 atom stereocenters. The Morgan fingerprint density at radius 2 is 2.00 bits per heavy atom. The van der Waals surface area contributed by atoms with E-state index in [1.165, 1.54) is 18.3 Å². The minimum atomic E-state index is -0.326. The van der Waals surface area contributed by atoms with E-state index >= 15 is 0 Å². The predicted octanol–water partition coefficient (Wildman–Crippen LogP) is 3.55. The van der Waals surface area contributed by atoms with Crippen molar-refractivity contribution in [3.8, 4) is 17.1 Å². The summed E-state index contributed by atoms with van der Waals surface area (Å²) in [6.45, 7) is 0.115. The van der Waals surface area contributed by atoms with Crippen LogP contribution in [-0.2, 0) is 13.2 Å². The van der Waals surface area contributed by atoms with Crippen LogP contribution >= 0.6 is 0 Å². The van der Waals surface area contributed by atoms with Crippen molar-refractivity contribution in [2.75, 3.05) is 0 Å². The van der Waals surface area contributed by atoms with Gasteiger partial charge in [-0.3, -0.25) is 0 Å². The molecule has 3 aromatic rings. The first kappa shape index (κ1) is 14.3. The van der Waals surface area contributed by atoms with E-state index in [4.69, 9.17) is 14.3 Å². The Hall–Kier alpha value is -2.66. The average Bonchev–Trinajstić information content (AvgIpc) is 3.02. The van der Waals surface area contributed by atoms with Gasteiger partial charge in [-0.1, -0.05) is 24.3 Å². The molecule has 0 aliphatic carbocycles. The molecule has 5 heteroatoms. The molecule has 0 unspecified atom stereocenters. The molecule has 3 rings (SSSR count). The SMILES string of the molecule is OCc1cccc(OCc2ncc(-c3cccc(F)c3)o2)c1. The summed E-state index contributed by atoms with van der Waals surface area (Å²) in [4.78, 5) is 4.12. The summed E-state index contributed by atoms with van der Waals surface area (Å²) < 4.78 is 24.3. The zero-order valence-electron chi connectivity index (χ0n) is 11.7. The third-order valence-corrected chi connectivity index (χ3v) is 3.11. The van der Waals surface area contributed by atoms with Crippen molar-refractivity contribution in [3.63, 3.8) is 0 Å². The summed E-state index contributed by atoms with van der Waals surface area (Å²) in [5.74, 6) is 1.18. The second-order valence-corrected chi connectivity index (χ2v) is 4.72. The molecule has 0 aliphatic heterocycles. The highest BCUT2D eigenvalue weighted by Crippen LogP contribution is 2.22. The molecule has 0 saturated heterocycles. The lowest BCUT2D eigenvalue weighted by molar-refractivity contribution is 0.260. The van der Waals surface area contributed by atoms with Gasteiger partial charge in [-0.25, -0.2) is 9.37 Å². The van der Waals surface area contributed by atoms with E-state index in [1.54, 1.807) is 36.4 Å². The standard InChI is InChI=1S/C17H14FNO3/c18-14-5-2-4-13(8-14)16-9-19-17(22-16)11-21-15-6-1-3-12(7-15)10-20/h1-9,20H,10-11H2. The molecular formula is C17H14FNO3. The van der Waals surface area contributed by atoms with Crippen LogP contribution in [0.3, 0.4) is 0 Å². The summed E-state index contributed by atoms with van der Waals surface area (Å²) in [6, 6.07) is 13.3. The first-order chi connectivity index (χ1) is 10.7. The maximum atomic E-state index is 13.2. The van der Waals surface area contributed by atoms with Crippen molar-refractivity contribution in [1.82, 2.24) is 4.98 Å². The van der Waals surface area contributed by atoms with E-state index in [0.29, 0.717) is 23.0 Å². The fourth-order valence-electron chi connectivity index (χ4n) is 2.03. The number of rotatable bonds is 5. The molecule has 0 amide bonds. The lowest BCUT2D eigenvalue weighted by Gasteiger charge is -2.04. The van der Waals surface area contributed by atoms with Crippen molar-refractivity contribution in [3.05, 3.63) is 72.0 Å². The molecular weight excluding hydrogens is 285 g/mol. The average molecular weight is 299 g/mol. The fraction of sp³-hybridized carbons (Fsp3) is 0.118. The van der Waals surface area contributed by atoms with E-state index in [2.05, 4.69) is 4.98 Å². The molecule has 1 heterocycles. The topological polar surface area (TPSA) is 55.5 Å². The molecule has 2 aromatic carbocycles. The van der Waals surface area contributed by atoms with E-state index in [9.17, 15) is 4.39 Å². The lowest BCUT2D eigenvalue weighted by Crippen LogP contribution is -1.96. The number of hydrogen-bond acceptors (Lipinski definition) is 4. The minimum Gasteiger partial charge on any atom is -0.484 e. The number of aliphatic hydroxyl groups is 1. The summed E-state index contributed by atoms with van der Waals surface area (Å²) in [5.41, 5.74) is 1.39. The summed E-state index contributed by atoms with van der Waals surface area (Å²) in [7, 11) is 0. The van der Waals surface area contributed by atoms with Gasteiger partial charge in [-0.15, -0.1) is 0 Å². The predicted molar refractivity (Wildman–Crippen MR) is 78.6 cm³/mol. The fourth-order valence-corrected chi connectivity index (χ4v) is 2.03. The molecule has 22 heavy (non-hydrogen) atoms. The summed E-state index contributed by atoms with van der Waals surface area (Å²) >= 11 is 0.